The average Bonchev–Trinajstić information content (AvgIpc) is 2.74. The minimum absolute atomic E-state index is 0.0873. The molecule has 0 spiro atoms. The number of para-hydroxylation sites is 1. The summed E-state index contributed by atoms with van der Waals surface area (Å²) in [5.74, 6) is 0.0881. The fraction of sp³-hybridized carbons (Fsp3) is 0.348. The van der Waals surface area contributed by atoms with E-state index in [-0.39, 0.29) is 11.5 Å². The van der Waals surface area contributed by atoms with Crippen molar-refractivity contribution in [3.63, 3.8) is 0 Å². The van der Waals surface area contributed by atoms with E-state index < -0.39 is 0 Å². The highest BCUT2D eigenvalue weighted by Crippen LogP contribution is 2.18. The number of anilines is 1. The number of benzene rings is 2. The molecule has 1 aromatic heterocycles. The third kappa shape index (κ3) is 4.01. The second-order valence-electron chi connectivity index (χ2n) is 7.67. The lowest BCUT2D eigenvalue weighted by atomic mass is 10.1. The lowest BCUT2D eigenvalue weighted by Gasteiger charge is -2.36. The molecule has 1 aliphatic heterocycles. The van der Waals surface area contributed by atoms with E-state index >= 15 is 0 Å². The van der Waals surface area contributed by atoms with Crippen molar-refractivity contribution in [3.8, 4) is 0 Å². The molecule has 1 fully saturated rings. The van der Waals surface area contributed by atoms with Crippen molar-refractivity contribution in [1.82, 2.24) is 14.5 Å². The monoisotopic (exact) mass is 390 g/mol. The maximum Gasteiger partial charge on any atom is 0.261 e. The van der Waals surface area contributed by atoms with Crippen molar-refractivity contribution in [1.29, 1.82) is 0 Å². The van der Waals surface area contributed by atoms with Gasteiger partial charge in [0.15, 0.2) is 0 Å². The number of rotatable bonds is 4. The van der Waals surface area contributed by atoms with E-state index in [4.69, 9.17) is 0 Å². The first-order valence-electron chi connectivity index (χ1n) is 10.1. The Kier molecular flexibility index (Phi) is 5.34. The van der Waals surface area contributed by atoms with Gasteiger partial charge in [0.1, 0.15) is 0 Å². The van der Waals surface area contributed by atoms with E-state index in [1.165, 1.54) is 11.3 Å². The van der Waals surface area contributed by atoms with Crippen LogP contribution in [0.4, 0.5) is 5.69 Å². The number of hydrogen-bond donors (Lipinski definition) is 0. The molecule has 1 aliphatic rings. The lowest BCUT2D eigenvalue weighted by Crippen LogP contribution is -2.49. The Morgan fingerprint density at radius 3 is 2.55 bits per heavy atom. The Labute approximate surface area is 170 Å². The van der Waals surface area contributed by atoms with Gasteiger partial charge in [0.05, 0.1) is 17.2 Å². The highest BCUT2D eigenvalue weighted by molar-refractivity contribution is 5.80. The Balaban J connectivity index is 1.37. The van der Waals surface area contributed by atoms with Crippen LogP contribution in [0.5, 0.6) is 0 Å². The van der Waals surface area contributed by atoms with Gasteiger partial charge in [-0.05, 0) is 43.2 Å². The summed E-state index contributed by atoms with van der Waals surface area (Å²) in [7, 11) is 0. The van der Waals surface area contributed by atoms with Gasteiger partial charge in [0, 0.05) is 44.8 Å². The first-order chi connectivity index (χ1) is 14.0. The minimum atomic E-state index is -0.0873. The number of carbonyl (C=O) groups excluding carboxylic acids is 1. The Morgan fingerprint density at radius 1 is 1.03 bits per heavy atom. The number of hydrogen-bond acceptors (Lipinski definition) is 4. The Morgan fingerprint density at radius 2 is 1.79 bits per heavy atom. The molecule has 1 amide bonds. The summed E-state index contributed by atoms with van der Waals surface area (Å²) >= 11 is 0. The summed E-state index contributed by atoms with van der Waals surface area (Å²) in [6, 6.07) is 14.1. The predicted molar refractivity (Wildman–Crippen MR) is 115 cm³/mol. The zero-order chi connectivity index (χ0) is 20.4. The first-order valence-corrected chi connectivity index (χ1v) is 10.1. The molecule has 4 rings (SSSR count). The summed E-state index contributed by atoms with van der Waals surface area (Å²) in [4.78, 5) is 34.0. The summed E-state index contributed by atoms with van der Waals surface area (Å²) in [5, 5.41) is 0.603. The van der Waals surface area contributed by atoms with Crippen LogP contribution in [-0.2, 0) is 11.3 Å². The molecular formula is C23H26N4O2. The van der Waals surface area contributed by atoms with Gasteiger partial charge in [0.25, 0.3) is 5.56 Å². The highest BCUT2D eigenvalue weighted by Gasteiger charge is 2.21. The molecule has 2 aromatic carbocycles. The van der Waals surface area contributed by atoms with Gasteiger partial charge in [-0.15, -0.1) is 0 Å². The maximum atomic E-state index is 12.7. The normalized spacial score (nSPS) is 14.4. The van der Waals surface area contributed by atoms with E-state index in [2.05, 4.69) is 41.1 Å². The minimum Gasteiger partial charge on any atom is -0.368 e. The predicted octanol–water partition coefficient (Wildman–Crippen LogP) is 2.75. The molecule has 2 heterocycles. The van der Waals surface area contributed by atoms with E-state index in [0.29, 0.717) is 31.4 Å². The maximum absolute atomic E-state index is 12.7. The number of nitrogens with zero attached hydrogens (tertiary/aromatic N) is 4. The highest BCUT2D eigenvalue weighted by atomic mass is 16.2. The largest absolute Gasteiger partial charge is 0.368 e. The Hall–Kier alpha value is -3.15. The average molecular weight is 390 g/mol. The van der Waals surface area contributed by atoms with Crippen LogP contribution in [0.3, 0.4) is 0 Å². The quantitative estimate of drug-likeness (QED) is 0.687. The number of aryl methyl sites for hydroxylation is 3. The van der Waals surface area contributed by atoms with Crippen molar-refractivity contribution in [2.75, 3.05) is 31.1 Å². The van der Waals surface area contributed by atoms with Crippen LogP contribution in [0.2, 0.25) is 0 Å². The molecule has 6 heteroatoms. The zero-order valence-corrected chi connectivity index (χ0v) is 17.0. The van der Waals surface area contributed by atoms with Crippen molar-refractivity contribution in [3.05, 3.63) is 70.3 Å². The van der Waals surface area contributed by atoms with Crippen molar-refractivity contribution in [2.45, 2.75) is 26.8 Å². The summed E-state index contributed by atoms with van der Waals surface area (Å²) < 4.78 is 1.54. The van der Waals surface area contributed by atoms with Gasteiger partial charge in [-0.3, -0.25) is 14.2 Å². The van der Waals surface area contributed by atoms with Gasteiger partial charge < -0.3 is 9.80 Å². The molecule has 29 heavy (non-hydrogen) atoms. The second-order valence-corrected chi connectivity index (χ2v) is 7.67. The fourth-order valence-electron chi connectivity index (χ4n) is 3.91. The number of amides is 1. The molecule has 150 valence electrons. The van der Waals surface area contributed by atoms with Crippen LogP contribution in [0, 0.1) is 13.8 Å². The molecule has 0 bridgehead atoms. The fourth-order valence-corrected chi connectivity index (χ4v) is 3.91. The second kappa shape index (κ2) is 8.07. The van der Waals surface area contributed by atoms with Crippen LogP contribution in [0.1, 0.15) is 17.5 Å². The van der Waals surface area contributed by atoms with E-state index in [9.17, 15) is 9.59 Å². The smallest absolute Gasteiger partial charge is 0.261 e. The van der Waals surface area contributed by atoms with Gasteiger partial charge in [0.2, 0.25) is 5.91 Å². The van der Waals surface area contributed by atoms with E-state index in [1.54, 1.807) is 17.0 Å². The molecule has 0 radical (unpaired) electrons. The molecular weight excluding hydrogens is 364 g/mol. The van der Waals surface area contributed by atoms with Gasteiger partial charge in [-0.1, -0.05) is 24.3 Å². The third-order valence-electron chi connectivity index (χ3n) is 5.62. The molecule has 0 unspecified atom stereocenters. The van der Waals surface area contributed by atoms with E-state index in [0.717, 1.165) is 24.2 Å². The molecule has 0 aliphatic carbocycles. The molecule has 0 N–H and O–H groups in total. The van der Waals surface area contributed by atoms with E-state index in [1.807, 2.05) is 24.0 Å². The lowest BCUT2D eigenvalue weighted by molar-refractivity contribution is -0.131. The number of aromatic nitrogens is 2. The third-order valence-corrected chi connectivity index (χ3v) is 5.62. The number of carbonyl (C=O) groups is 1. The van der Waals surface area contributed by atoms with Crippen LogP contribution >= 0.6 is 0 Å². The summed E-state index contributed by atoms with van der Waals surface area (Å²) in [6.45, 7) is 7.45. The molecule has 6 nitrogen and oxygen atoms in total. The molecule has 1 saturated heterocycles. The molecule has 0 atom stereocenters. The topological polar surface area (TPSA) is 58.4 Å². The van der Waals surface area contributed by atoms with Crippen molar-refractivity contribution in [2.24, 2.45) is 0 Å². The molecule has 3 aromatic rings. The van der Waals surface area contributed by atoms with Crippen LogP contribution < -0.4 is 10.5 Å². The Bertz CT molecular complexity index is 1100. The van der Waals surface area contributed by atoms with Crippen LogP contribution in [0.25, 0.3) is 10.9 Å². The van der Waals surface area contributed by atoms with Gasteiger partial charge >= 0.3 is 0 Å². The standard InChI is InChI=1S/C23H26N4O2/c1-17-5-3-7-19(15-17)25-11-13-26(14-12-25)21(28)9-10-27-16-24-22-18(2)6-4-8-20(22)23(27)29/h3-8,15-16H,9-14H2,1-2H3. The van der Waals surface area contributed by atoms with Gasteiger partial charge in [-0.2, -0.15) is 0 Å². The SMILES string of the molecule is Cc1cccc(N2CCN(C(=O)CCn3cnc4c(C)cccc4c3=O)CC2)c1. The number of piperazine rings is 1. The number of fused-ring (bicyclic) bond motifs is 1. The van der Waals surface area contributed by atoms with Crippen molar-refractivity contribution < 1.29 is 4.79 Å². The zero-order valence-electron chi connectivity index (χ0n) is 17.0. The van der Waals surface area contributed by atoms with Crippen LogP contribution in [0.15, 0.2) is 53.6 Å². The molecule has 0 saturated carbocycles. The summed E-state index contributed by atoms with van der Waals surface area (Å²) in [6.07, 6.45) is 1.87. The summed E-state index contributed by atoms with van der Waals surface area (Å²) in [5.41, 5.74) is 4.07. The van der Waals surface area contributed by atoms with Crippen LogP contribution in [-0.4, -0.2) is 46.5 Å². The van der Waals surface area contributed by atoms with Gasteiger partial charge in [-0.25, -0.2) is 4.98 Å². The van der Waals surface area contributed by atoms with Crippen molar-refractivity contribution >= 4 is 22.5 Å². The first kappa shape index (κ1) is 19.2.